The first kappa shape index (κ1) is 21.0. The van der Waals surface area contributed by atoms with Crippen molar-refractivity contribution >= 4 is 23.6 Å². The van der Waals surface area contributed by atoms with Crippen molar-refractivity contribution in [2.45, 2.75) is 24.9 Å². The normalized spacial score (nSPS) is 21.4. The Kier molecular flexibility index (Phi) is 6.54. The number of alkyl halides is 3. The molecule has 9 heteroatoms. The molecule has 154 valence electrons. The van der Waals surface area contributed by atoms with E-state index in [1.54, 1.807) is 4.90 Å². The number of benzene rings is 1. The molecule has 2 heterocycles. The van der Waals surface area contributed by atoms with Crippen LogP contribution in [-0.2, 0) is 15.8 Å². The third-order valence-corrected chi connectivity index (χ3v) is 6.43. The van der Waals surface area contributed by atoms with Gasteiger partial charge in [-0.2, -0.15) is 13.2 Å². The summed E-state index contributed by atoms with van der Waals surface area (Å²) in [6.07, 6.45) is -3.85. The van der Waals surface area contributed by atoms with E-state index in [-0.39, 0.29) is 17.2 Å². The van der Waals surface area contributed by atoms with E-state index >= 15 is 0 Å². The van der Waals surface area contributed by atoms with Gasteiger partial charge in [0.05, 0.1) is 11.3 Å². The first-order valence-corrected chi connectivity index (χ1v) is 10.4. The minimum Gasteiger partial charge on any atom is -0.340 e. The summed E-state index contributed by atoms with van der Waals surface area (Å²) in [5.41, 5.74) is 0.0267. The molecule has 0 aliphatic carbocycles. The summed E-state index contributed by atoms with van der Waals surface area (Å²) in [5.74, 6) is 0.507. The molecule has 0 radical (unpaired) electrons. The second kappa shape index (κ2) is 8.73. The lowest BCUT2D eigenvalue weighted by molar-refractivity contribution is -0.137. The van der Waals surface area contributed by atoms with Gasteiger partial charge in [-0.15, -0.1) is 11.8 Å². The van der Waals surface area contributed by atoms with E-state index < -0.39 is 11.7 Å². The topological polar surface area (TPSA) is 43.9 Å². The van der Waals surface area contributed by atoms with E-state index in [4.69, 9.17) is 0 Å². The number of piperazine rings is 1. The summed E-state index contributed by atoms with van der Waals surface area (Å²) in [7, 11) is 0. The van der Waals surface area contributed by atoms with Crippen molar-refractivity contribution in [2.24, 2.45) is 0 Å². The van der Waals surface area contributed by atoms with Crippen LogP contribution in [0.4, 0.5) is 13.2 Å². The lowest BCUT2D eigenvalue weighted by Crippen LogP contribution is -2.50. The Morgan fingerprint density at radius 3 is 2.32 bits per heavy atom. The Morgan fingerprint density at radius 1 is 1.11 bits per heavy atom. The summed E-state index contributed by atoms with van der Waals surface area (Å²) in [6.45, 7) is 6.00. The Bertz CT molecular complexity index is 703. The average Bonchev–Trinajstić information content (AvgIpc) is 3.06. The molecule has 0 aromatic heterocycles. The van der Waals surface area contributed by atoms with Crippen molar-refractivity contribution in [3.63, 3.8) is 0 Å². The number of carbonyl (C=O) groups excluding carboxylic acids is 2. The highest BCUT2D eigenvalue weighted by molar-refractivity contribution is 8.00. The minimum atomic E-state index is -4.36. The van der Waals surface area contributed by atoms with E-state index in [2.05, 4.69) is 4.90 Å². The van der Waals surface area contributed by atoms with E-state index in [0.29, 0.717) is 43.9 Å². The van der Waals surface area contributed by atoms with Crippen LogP contribution in [0.25, 0.3) is 0 Å². The predicted molar refractivity (Wildman–Crippen MR) is 102 cm³/mol. The van der Waals surface area contributed by atoms with Crippen molar-refractivity contribution in [1.82, 2.24) is 14.7 Å². The molecule has 2 amide bonds. The molecule has 0 bridgehead atoms. The number of nitrogens with zero attached hydrogens (tertiary/aromatic N) is 3. The van der Waals surface area contributed by atoms with Crippen LogP contribution >= 0.6 is 11.8 Å². The third-order valence-electron chi connectivity index (χ3n) is 5.18. The fraction of sp³-hybridized carbons (Fsp3) is 0.579. The zero-order chi connectivity index (χ0) is 20.3. The number of hydrogen-bond acceptors (Lipinski definition) is 4. The summed E-state index contributed by atoms with van der Waals surface area (Å²) in [4.78, 5) is 29.9. The Balaban J connectivity index is 1.57. The maximum absolute atomic E-state index is 12.8. The van der Waals surface area contributed by atoms with Gasteiger partial charge in [-0.05, 0) is 17.7 Å². The molecule has 0 saturated carbocycles. The molecule has 28 heavy (non-hydrogen) atoms. The molecule has 1 aromatic carbocycles. The predicted octanol–water partition coefficient (Wildman–Crippen LogP) is 2.83. The van der Waals surface area contributed by atoms with Crippen LogP contribution in [-0.4, -0.2) is 71.5 Å². The summed E-state index contributed by atoms with van der Waals surface area (Å²) >= 11 is 1.44. The lowest BCUT2D eigenvalue weighted by Gasteiger charge is -2.36. The van der Waals surface area contributed by atoms with Crippen LogP contribution in [0.15, 0.2) is 24.3 Å². The van der Waals surface area contributed by atoms with Gasteiger partial charge in [-0.3, -0.25) is 14.5 Å². The maximum atomic E-state index is 12.8. The molecule has 5 nitrogen and oxygen atoms in total. The van der Waals surface area contributed by atoms with Gasteiger partial charge in [0.15, 0.2) is 0 Å². The molecule has 2 aliphatic rings. The molecule has 2 saturated heterocycles. The van der Waals surface area contributed by atoms with Crippen molar-refractivity contribution < 1.29 is 22.8 Å². The number of carbonyl (C=O) groups is 2. The largest absolute Gasteiger partial charge is 0.416 e. The molecule has 2 aliphatic heterocycles. The van der Waals surface area contributed by atoms with E-state index in [9.17, 15) is 22.8 Å². The Labute approximate surface area is 166 Å². The van der Waals surface area contributed by atoms with E-state index in [1.807, 2.05) is 11.8 Å². The highest BCUT2D eigenvalue weighted by Crippen LogP contribution is 2.39. The summed E-state index contributed by atoms with van der Waals surface area (Å²) in [5, 5.41) is -0.252. The number of thioether (sulfide) groups is 1. The molecule has 1 atom stereocenters. The van der Waals surface area contributed by atoms with Gasteiger partial charge < -0.3 is 9.80 Å². The first-order valence-electron chi connectivity index (χ1n) is 9.38. The van der Waals surface area contributed by atoms with Crippen LogP contribution in [0.2, 0.25) is 0 Å². The second-order valence-electron chi connectivity index (χ2n) is 6.95. The number of amides is 2. The van der Waals surface area contributed by atoms with Gasteiger partial charge in [0.1, 0.15) is 5.37 Å². The van der Waals surface area contributed by atoms with Crippen molar-refractivity contribution in [2.75, 3.05) is 45.0 Å². The zero-order valence-corrected chi connectivity index (χ0v) is 16.6. The average molecular weight is 415 g/mol. The standard InChI is InChI=1S/C19H24F3N3O2S/c1-2-16(26)24-10-7-23(8-11-24)9-12-25-17(27)13-28-18(25)14-3-5-15(6-4-14)19(20,21)22/h3-6,18H,2,7-13H2,1H3/t18-/m1/s1. The smallest absolute Gasteiger partial charge is 0.340 e. The van der Waals surface area contributed by atoms with Gasteiger partial charge in [-0.1, -0.05) is 19.1 Å². The number of hydrogen-bond donors (Lipinski definition) is 0. The summed E-state index contributed by atoms with van der Waals surface area (Å²) in [6, 6.07) is 5.06. The summed E-state index contributed by atoms with van der Waals surface area (Å²) < 4.78 is 38.3. The van der Waals surface area contributed by atoms with Gasteiger partial charge in [-0.25, -0.2) is 0 Å². The minimum absolute atomic E-state index is 0.00898. The molecule has 0 N–H and O–H groups in total. The fourth-order valence-electron chi connectivity index (χ4n) is 3.50. The zero-order valence-electron chi connectivity index (χ0n) is 15.7. The van der Waals surface area contributed by atoms with Gasteiger partial charge in [0, 0.05) is 45.7 Å². The third kappa shape index (κ3) is 4.81. The Hall–Kier alpha value is -1.74. The van der Waals surface area contributed by atoms with Gasteiger partial charge >= 0.3 is 6.18 Å². The SMILES string of the molecule is CCC(=O)N1CCN(CCN2C(=O)CS[C@@H]2c2ccc(C(F)(F)F)cc2)CC1. The fourth-order valence-corrected chi connectivity index (χ4v) is 4.72. The second-order valence-corrected chi connectivity index (χ2v) is 8.01. The molecule has 0 unspecified atom stereocenters. The van der Waals surface area contributed by atoms with Crippen molar-refractivity contribution in [3.05, 3.63) is 35.4 Å². The maximum Gasteiger partial charge on any atom is 0.416 e. The van der Waals surface area contributed by atoms with Crippen LogP contribution in [0.3, 0.4) is 0 Å². The molecular formula is C19H24F3N3O2S. The van der Waals surface area contributed by atoms with Crippen LogP contribution in [0, 0.1) is 0 Å². The van der Waals surface area contributed by atoms with Crippen LogP contribution in [0.5, 0.6) is 0 Å². The highest BCUT2D eigenvalue weighted by Gasteiger charge is 2.35. The van der Waals surface area contributed by atoms with E-state index in [1.165, 1.54) is 23.9 Å². The monoisotopic (exact) mass is 415 g/mol. The lowest BCUT2D eigenvalue weighted by atomic mass is 10.1. The highest BCUT2D eigenvalue weighted by atomic mass is 32.2. The molecule has 2 fully saturated rings. The van der Waals surface area contributed by atoms with Crippen molar-refractivity contribution in [3.8, 4) is 0 Å². The van der Waals surface area contributed by atoms with Crippen LogP contribution in [0.1, 0.15) is 29.8 Å². The number of rotatable bonds is 5. The molecular weight excluding hydrogens is 391 g/mol. The van der Waals surface area contributed by atoms with Crippen molar-refractivity contribution in [1.29, 1.82) is 0 Å². The molecule has 1 aromatic rings. The molecule has 0 spiro atoms. The molecule has 3 rings (SSSR count). The Morgan fingerprint density at radius 2 is 1.75 bits per heavy atom. The first-order chi connectivity index (χ1) is 13.3. The van der Waals surface area contributed by atoms with Gasteiger partial charge in [0.2, 0.25) is 11.8 Å². The number of halogens is 3. The van der Waals surface area contributed by atoms with Gasteiger partial charge in [0.25, 0.3) is 0 Å². The quantitative estimate of drug-likeness (QED) is 0.742. The van der Waals surface area contributed by atoms with E-state index in [0.717, 1.165) is 25.2 Å². The van der Waals surface area contributed by atoms with Crippen LogP contribution < -0.4 is 0 Å².